The normalized spacial score (nSPS) is 14.3. The molecule has 0 atom stereocenters. The summed E-state index contributed by atoms with van der Waals surface area (Å²) in [5.74, 6) is 0.719. The topological polar surface area (TPSA) is 64.0 Å². The van der Waals surface area contributed by atoms with Crippen molar-refractivity contribution in [3.8, 4) is 0 Å². The number of nitrogens with zero attached hydrogens (tertiary/aromatic N) is 2. The van der Waals surface area contributed by atoms with E-state index < -0.39 is 0 Å². The van der Waals surface area contributed by atoms with E-state index in [4.69, 9.17) is 0 Å². The maximum Gasteiger partial charge on any atom is 0.256 e. The smallest absolute Gasteiger partial charge is 0.256 e. The van der Waals surface area contributed by atoms with E-state index in [2.05, 4.69) is 10.4 Å². The molecule has 0 radical (unpaired) electrons. The van der Waals surface area contributed by atoms with Crippen LogP contribution >= 0.6 is 0 Å². The van der Waals surface area contributed by atoms with Crippen LogP contribution in [0.2, 0.25) is 0 Å². The van der Waals surface area contributed by atoms with Crippen molar-refractivity contribution in [2.24, 2.45) is 7.05 Å². The fraction of sp³-hybridized carbons (Fsp3) is 0.389. The summed E-state index contributed by atoms with van der Waals surface area (Å²) in [5, 5.41) is 7.23. The Hall–Kier alpha value is -2.43. The van der Waals surface area contributed by atoms with Crippen LogP contribution in [0.5, 0.6) is 0 Å². The molecular weight excluding hydrogens is 290 g/mol. The molecule has 1 N–H and O–H groups in total. The fourth-order valence-electron chi connectivity index (χ4n) is 3.07. The largest absolute Gasteiger partial charge is 0.307 e. The SMILES string of the molecule is Cc1nn(C)c(NC(=O)c2ccc3c(c2)CCCCC3=O)c1C. The quantitative estimate of drug-likeness (QED) is 0.866. The summed E-state index contributed by atoms with van der Waals surface area (Å²) in [6, 6.07) is 5.38. The minimum Gasteiger partial charge on any atom is -0.307 e. The number of anilines is 1. The van der Waals surface area contributed by atoms with Gasteiger partial charge in [0.05, 0.1) is 5.69 Å². The first-order chi connectivity index (χ1) is 11.0. The summed E-state index contributed by atoms with van der Waals surface area (Å²) in [7, 11) is 1.81. The third-order valence-corrected chi connectivity index (χ3v) is 4.52. The molecule has 23 heavy (non-hydrogen) atoms. The van der Waals surface area contributed by atoms with Crippen LogP contribution in [0.1, 0.15) is 56.8 Å². The van der Waals surface area contributed by atoms with E-state index in [1.165, 1.54) is 0 Å². The highest BCUT2D eigenvalue weighted by Gasteiger charge is 2.18. The third kappa shape index (κ3) is 2.91. The first-order valence-electron chi connectivity index (χ1n) is 7.95. The van der Waals surface area contributed by atoms with E-state index >= 15 is 0 Å². The average molecular weight is 311 g/mol. The van der Waals surface area contributed by atoms with Crippen molar-refractivity contribution in [1.82, 2.24) is 9.78 Å². The maximum absolute atomic E-state index is 12.5. The lowest BCUT2D eigenvalue weighted by Gasteiger charge is -2.10. The van der Waals surface area contributed by atoms with Crippen LogP contribution in [-0.4, -0.2) is 21.5 Å². The number of benzene rings is 1. The summed E-state index contributed by atoms with van der Waals surface area (Å²) in [6.07, 6.45) is 3.37. The van der Waals surface area contributed by atoms with Gasteiger partial charge in [-0.1, -0.05) is 6.07 Å². The van der Waals surface area contributed by atoms with Crippen LogP contribution in [0.4, 0.5) is 5.82 Å². The summed E-state index contributed by atoms with van der Waals surface area (Å²) in [4.78, 5) is 24.6. The van der Waals surface area contributed by atoms with Gasteiger partial charge in [-0.2, -0.15) is 5.10 Å². The van der Waals surface area contributed by atoms with Crippen LogP contribution < -0.4 is 5.32 Å². The van der Waals surface area contributed by atoms with E-state index in [1.54, 1.807) is 16.8 Å². The van der Waals surface area contributed by atoms with Crippen molar-refractivity contribution in [3.63, 3.8) is 0 Å². The van der Waals surface area contributed by atoms with Crippen molar-refractivity contribution in [2.45, 2.75) is 39.5 Å². The molecule has 0 saturated heterocycles. The number of amides is 1. The van der Waals surface area contributed by atoms with Gasteiger partial charge in [0.1, 0.15) is 5.82 Å². The van der Waals surface area contributed by atoms with Crippen LogP contribution in [0.3, 0.4) is 0 Å². The predicted octanol–water partition coefficient (Wildman–Crippen LogP) is 3.20. The number of aryl methyl sites for hydroxylation is 3. The highest BCUT2D eigenvalue weighted by molar-refractivity contribution is 6.05. The zero-order valence-electron chi connectivity index (χ0n) is 13.8. The highest BCUT2D eigenvalue weighted by atomic mass is 16.1. The summed E-state index contributed by atoms with van der Waals surface area (Å²) in [5.41, 5.74) is 4.20. The molecule has 3 rings (SSSR count). The molecule has 0 spiro atoms. The molecule has 0 bridgehead atoms. The first kappa shape index (κ1) is 15.5. The Balaban J connectivity index is 1.88. The number of carbonyl (C=O) groups excluding carboxylic acids is 2. The third-order valence-electron chi connectivity index (χ3n) is 4.52. The fourth-order valence-corrected chi connectivity index (χ4v) is 3.07. The zero-order chi connectivity index (χ0) is 16.6. The van der Waals surface area contributed by atoms with E-state index in [0.29, 0.717) is 17.8 Å². The van der Waals surface area contributed by atoms with Gasteiger partial charge in [0, 0.05) is 30.2 Å². The minimum atomic E-state index is -0.171. The Kier molecular flexibility index (Phi) is 4.03. The van der Waals surface area contributed by atoms with E-state index in [1.807, 2.05) is 27.0 Å². The Morgan fingerprint density at radius 2 is 1.96 bits per heavy atom. The molecule has 1 aromatic heterocycles. The molecule has 5 nitrogen and oxygen atoms in total. The van der Waals surface area contributed by atoms with Crippen molar-refractivity contribution in [3.05, 3.63) is 46.1 Å². The van der Waals surface area contributed by atoms with Gasteiger partial charge in [0.15, 0.2) is 5.78 Å². The summed E-state index contributed by atoms with van der Waals surface area (Å²) in [6.45, 7) is 3.85. The Morgan fingerprint density at radius 3 is 2.65 bits per heavy atom. The van der Waals surface area contributed by atoms with Crippen LogP contribution in [0.25, 0.3) is 0 Å². The standard InChI is InChI=1S/C18H21N3O2/c1-11-12(2)20-21(3)17(11)19-18(23)14-8-9-15-13(10-14)6-4-5-7-16(15)22/h8-10H,4-7H2,1-3H3,(H,19,23). The second kappa shape index (κ2) is 5.99. The number of ketones is 1. The molecule has 120 valence electrons. The van der Waals surface area contributed by atoms with E-state index in [9.17, 15) is 9.59 Å². The van der Waals surface area contributed by atoms with Crippen LogP contribution in [0, 0.1) is 13.8 Å². The van der Waals surface area contributed by atoms with Gasteiger partial charge in [-0.3, -0.25) is 14.3 Å². The maximum atomic E-state index is 12.5. The number of carbonyl (C=O) groups is 2. The van der Waals surface area contributed by atoms with Gasteiger partial charge in [0.2, 0.25) is 0 Å². The molecule has 1 aliphatic carbocycles. The van der Waals surface area contributed by atoms with Gasteiger partial charge < -0.3 is 5.32 Å². The Bertz CT molecular complexity index is 790. The molecule has 1 heterocycles. The van der Waals surface area contributed by atoms with Crippen molar-refractivity contribution >= 4 is 17.5 Å². The molecule has 0 unspecified atom stereocenters. The van der Waals surface area contributed by atoms with Gasteiger partial charge >= 0.3 is 0 Å². The number of nitrogens with one attached hydrogen (secondary N) is 1. The number of Topliss-reactive ketones (excluding diaryl/α,β-unsaturated/α-hetero) is 1. The second-order valence-corrected chi connectivity index (χ2v) is 6.14. The van der Waals surface area contributed by atoms with E-state index in [0.717, 1.165) is 41.6 Å². The predicted molar refractivity (Wildman–Crippen MR) is 89.0 cm³/mol. The molecular formula is C18H21N3O2. The Morgan fingerprint density at radius 1 is 1.22 bits per heavy atom. The van der Waals surface area contributed by atoms with Crippen LogP contribution in [-0.2, 0) is 13.5 Å². The molecule has 0 fully saturated rings. The number of hydrogen-bond donors (Lipinski definition) is 1. The number of aromatic nitrogens is 2. The monoisotopic (exact) mass is 311 g/mol. The second-order valence-electron chi connectivity index (χ2n) is 6.14. The van der Waals surface area contributed by atoms with Crippen molar-refractivity contribution in [2.75, 3.05) is 5.32 Å². The molecule has 2 aromatic rings. The molecule has 1 aromatic carbocycles. The van der Waals surface area contributed by atoms with Gasteiger partial charge in [-0.25, -0.2) is 0 Å². The van der Waals surface area contributed by atoms with Gasteiger partial charge in [-0.15, -0.1) is 0 Å². The average Bonchev–Trinajstić information content (AvgIpc) is 2.69. The van der Waals surface area contributed by atoms with Crippen LogP contribution in [0.15, 0.2) is 18.2 Å². The lowest BCUT2D eigenvalue weighted by molar-refractivity contribution is 0.0979. The lowest BCUT2D eigenvalue weighted by atomic mass is 9.99. The Labute approximate surface area is 135 Å². The zero-order valence-corrected chi connectivity index (χ0v) is 13.8. The molecule has 5 heteroatoms. The summed E-state index contributed by atoms with van der Waals surface area (Å²) >= 11 is 0. The van der Waals surface area contributed by atoms with Crippen molar-refractivity contribution < 1.29 is 9.59 Å². The molecule has 1 amide bonds. The minimum absolute atomic E-state index is 0.171. The van der Waals surface area contributed by atoms with Gasteiger partial charge in [-0.05, 0) is 50.8 Å². The number of fused-ring (bicyclic) bond motifs is 1. The van der Waals surface area contributed by atoms with Gasteiger partial charge in [0.25, 0.3) is 5.91 Å². The number of rotatable bonds is 2. The summed E-state index contributed by atoms with van der Waals surface area (Å²) < 4.78 is 1.68. The molecule has 1 aliphatic rings. The highest BCUT2D eigenvalue weighted by Crippen LogP contribution is 2.23. The van der Waals surface area contributed by atoms with Crippen molar-refractivity contribution in [1.29, 1.82) is 0 Å². The molecule has 0 saturated carbocycles. The lowest BCUT2D eigenvalue weighted by Crippen LogP contribution is -2.16. The number of hydrogen-bond acceptors (Lipinski definition) is 3. The first-order valence-corrected chi connectivity index (χ1v) is 7.95. The van der Waals surface area contributed by atoms with E-state index in [-0.39, 0.29) is 11.7 Å². The molecule has 0 aliphatic heterocycles.